The number of amides is 2. The van der Waals surface area contributed by atoms with Gasteiger partial charge in [0.2, 0.25) is 0 Å². The van der Waals surface area contributed by atoms with Crippen molar-refractivity contribution in [1.29, 1.82) is 0 Å². The van der Waals surface area contributed by atoms with Gasteiger partial charge in [0, 0.05) is 5.69 Å². The molecule has 0 heterocycles. The summed E-state index contributed by atoms with van der Waals surface area (Å²) in [5, 5.41) is 5.43. The molecule has 0 fully saturated rings. The molecule has 0 aliphatic heterocycles. The van der Waals surface area contributed by atoms with Crippen molar-refractivity contribution in [3.8, 4) is 0 Å². The van der Waals surface area contributed by atoms with Crippen molar-refractivity contribution in [2.75, 3.05) is 5.32 Å². The molecule has 1 atom stereocenters. The second-order valence-corrected chi connectivity index (χ2v) is 4.69. The average Bonchev–Trinajstić information content (AvgIpc) is 2.44. The Balaban J connectivity index is 1.97. The van der Waals surface area contributed by atoms with Crippen LogP contribution in [-0.2, 0) is 0 Å². The Morgan fingerprint density at radius 3 is 2.50 bits per heavy atom. The van der Waals surface area contributed by atoms with Crippen LogP contribution in [0.25, 0.3) is 0 Å². The van der Waals surface area contributed by atoms with Crippen molar-refractivity contribution in [3.63, 3.8) is 0 Å². The Morgan fingerprint density at radius 2 is 1.85 bits per heavy atom. The van der Waals surface area contributed by atoms with Crippen molar-refractivity contribution in [2.45, 2.75) is 19.9 Å². The zero-order valence-corrected chi connectivity index (χ0v) is 11.5. The summed E-state index contributed by atoms with van der Waals surface area (Å²) < 4.78 is 13.4. The number of anilines is 1. The molecule has 20 heavy (non-hydrogen) atoms. The molecule has 0 saturated carbocycles. The lowest BCUT2D eigenvalue weighted by Gasteiger charge is -2.15. The largest absolute Gasteiger partial charge is 0.331 e. The standard InChI is InChI=1S/C16H17FN2O/c1-11-8-9-14(10-15(11)17)19-16(20)18-12(2)13-6-4-3-5-7-13/h3-10,12H,1-2H3,(H2,18,19,20)/t12-/m0/s1. The maximum Gasteiger partial charge on any atom is 0.319 e. The van der Waals surface area contributed by atoms with Gasteiger partial charge in [-0.1, -0.05) is 36.4 Å². The molecular formula is C16H17FN2O. The van der Waals surface area contributed by atoms with Crippen molar-refractivity contribution < 1.29 is 9.18 Å². The Bertz CT molecular complexity index is 599. The summed E-state index contributed by atoms with van der Waals surface area (Å²) in [5.41, 5.74) is 2.00. The molecule has 0 aliphatic rings. The van der Waals surface area contributed by atoms with Crippen LogP contribution in [0.5, 0.6) is 0 Å². The van der Waals surface area contributed by atoms with Crippen molar-refractivity contribution in [2.24, 2.45) is 0 Å². The second-order valence-electron chi connectivity index (χ2n) is 4.69. The van der Waals surface area contributed by atoms with E-state index >= 15 is 0 Å². The molecule has 2 rings (SSSR count). The number of hydrogen-bond donors (Lipinski definition) is 2. The number of aryl methyl sites for hydroxylation is 1. The van der Waals surface area contributed by atoms with Gasteiger partial charge < -0.3 is 10.6 Å². The molecule has 0 aliphatic carbocycles. The lowest BCUT2D eigenvalue weighted by molar-refractivity contribution is 0.249. The minimum absolute atomic E-state index is 0.119. The number of benzene rings is 2. The summed E-state index contributed by atoms with van der Waals surface area (Å²) in [6.45, 7) is 3.57. The van der Waals surface area contributed by atoms with E-state index in [1.165, 1.54) is 6.07 Å². The first-order chi connectivity index (χ1) is 9.56. The van der Waals surface area contributed by atoms with E-state index < -0.39 is 0 Å². The third-order valence-corrected chi connectivity index (χ3v) is 3.08. The van der Waals surface area contributed by atoms with Crippen LogP contribution in [0, 0.1) is 12.7 Å². The van der Waals surface area contributed by atoms with E-state index in [-0.39, 0.29) is 17.9 Å². The lowest BCUT2D eigenvalue weighted by atomic mass is 10.1. The van der Waals surface area contributed by atoms with Crippen molar-refractivity contribution in [3.05, 3.63) is 65.5 Å². The summed E-state index contributed by atoms with van der Waals surface area (Å²) in [7, 11) is 0. The SMILES string of the molecule is Cc1ccc(NC(=O)N[C@@H](C)c2ccccc2)cc1F. The number of halogens is 1. The molecule has 0 unspecified atom stereocenters. The van der Waals surface area contributed by atoms with E-state index in [2.05, 4.69) is 10.6 Å². The van der Waals surface area contributed by atoms with Gasteiger partial charge in [0.15, 0.2) is 0 Å². The Labute approximate surface area is 117 Å². The van der Waals surface area contributed by atoms with E-state index in [0.717, 1.165) is 5.56 Å². The van der Waals surface area contributed by atoms with Crippen LogP contribution < -0.4 is 10.6 Å². The van der Waals surface area contributed by atoms with Crippen LogP contribution in [0.3, 0.4) is 0 Å². The average molecular weight is 272 g/mol. The first-order valence-corrected chi connectivity index (χ1v) is 6.45. The highest BCUT2D eigenvalue weighted by Gasteiger charge is 2.09. The summed E-state index contributed by atoms with van der Waals surface area (Å²) in [6, 6.07) is 13.8. The third kappa shape index (κ3) is 3.57. The maximum atomic E-state index is 13.4. The number of nitrogens with one attached hydrogen (secondary N) is 2. The molecule has 0 bridgehead atoms. The van der Waals surface area contributed by atoms with Crippen LogP contribution >= 0.6 is 0 Å². The summed E-state index contributed by atoms with van der Waals surface area (Å²) in [4.78, 5) is 11.8. The molecule has 0 spiro atoms. The van der Waals surface area contributed by atoms with E-state index in [1.54, 1.807) is 19.1 Å². The van der Waals surface area contributed by atoms with Crippen molar-refractivity contribution >= 4 is 11.7 Å². The topological polar surface area (TPSA) is 41.1 Å². The number of urea groups is 1. The van der Waals surface area contributed by atoms with Gasteiger partial charge >= 0.3 is 6.03 Å². The Hall–Kier alpha value is -2.36. The predicted molar refractivity (Wildman–Crippen MR) is 78.1 cm³/mol. The molecule has 0 saturated heterocycles. The summed E-state index contributed by atoms with van der Waals surface area (Å²) in [6.07, 6.45) is 0. The van der Waals surface area contributed by atoms with Crippen molar-refractivity contribution in [1.82, 2.24) is 5.32 Å². The fourth-order valence-electron chi connectivity index (χ4n) is 1.86. The number of hydrogen-bond acceptors (Lipinski definition) is 1. The zero-order valence-electron chi connectivity index (χ0n) is 11.5. The Kier molecular flexibility index (Phi) is 4.35. The molecule has 2 aromatic rings. The van der Waals surface area contributed by atoms with Gasteiger partial charge in [-0.15, -0.1) is 0 Å². The van der Waals surface area contributed by atoms with Gasteiger partial charge in [-0.25, -0.2) is 9.18 Å². The minimum Gasteiger partial charge on any atom is -0.331 e. The van der Waals surface area contributed by atoms with E-state index in [0.29, 0.717) is 11.3 Å². The zero-order chi connectivity index (χ0) is 14.5. The molecule has 4 heteroatoms. The molecular weight excluding hydrogens is 255 g/mol. The molecule has 3 nitrogen and oxygen atoms in total. The van der Waals surface area contributed by atoms with Gasteiger partial charge in [-0.2, -0.15) is 0 Å². The maximum absolute atomic E-state index is 13.4. The van der Waals surface area contributed by atoms with Crippen LogP contribution in [-0.4, -0.2) is 6.03 Å². The van der Waals surface area contributed by atoms with Gasteiger partial charge in [0.05, 0.1) is 6.04 Å². The van der Waals surface area contributed by atoms with Gasteiger partial charge in [0.25, 0.3) is 0 Å². The lowest BCUT2D eigenvalue weighted by Crippen LogP contribution is -2.31. The highest BCUT2D eigenvalue weighted by Crippen LogP contribution is 2.15. The van der Waals surface area contributed by atoms with Crippen LogP contribution in [0.4, 0.5) is 14.9 Å². The van der Waals surface area contributed by atoms with Gasteiger partial charge in [-0.05, 0) is 37.1 Å². The van der Waals surface area contributed by atoms with Crippen LogP contribution in [0.2, 0.25) is 0 Å². The van der Waals surface area contributed by atoms with E-state index in [9.17, 15) is 9.18 Å². The second kappa shape index (κ2) is 6.19. The molecule has 2 amide bonds. The number of carbonyl (C=O) groups is 1. The quantitative estimate of drug-likeness (QED) is 0.870. The highest BCUT2D eigenvalue weighted by molar-refractivity contribution is 5.89. The van der Waals surface area contributed by atoms with E-state index in [4.69, 9.17) is 0 Å². The minimum atomic E-state index is -0.357. The number of carbonyl (C=O) groups excluding carboxylic acids is 1. The predicted octanol–water partition coefficient (Wildman–Crippen LogP) is 4.02. The molecule has 0 radical (unpaired) electrons. The van der Waals surface area contributed by atoms with Crippen LogP contribution in [0.15, 0.2) is 48.5 Å². The van der Waals surface area contributed by atoms with Gasteiger partial charge in [-0.3, -0.25) is 0 Å². The summed E-state index contributed by atoms with van der Waals surface area (Å²) in [5.74, 6) is -0.334. The fourth-order valence-corrected chi connectivity index (χ4v) is 1.86. The molecule has 2 aromatic carbocycles. The van der Waals surface area contributed by atoms with Crippen LogP contribution in [0.1, 0.15) is 24.1 Å². The first kappa shape index (κ1) is 14.1. The van der Waals surface area contributed by atoms with Gasteiger partial charge in [0.1, 0.15) is 5.82 Å². The monoisotopic (exact) mass is 272 g/mol. The number of rotatable bonds is 3. The molecule has 2 N–H and O–H groups in total. The molecule has 0 aromatic heterocycles. The summed E-state index contributed by atoms with van der Waals surface area (Å²) >= 11 is 0. The highest BCUT2D eigenvalue weighted by atomic mass is 19.1. The Morgan fingerprint density at radius 1 is 1.15 bits per heavy atom. The third-order valence-electron chi connectivity index (χ3n) is 3.08. The molecule has 104 valence electrons. The van der Waals surface area contributed by atoms with E-state index in [1.807, 2.05) is 37.3 Å². The first-order valence-electron chi connectivity index (χ1n) is 6.45. The smallest absolute Gasteiger partial charge is 0.319 e. The fraction of sp³-hybridized carbons (Fsp3) is 0.188. The normalized spacial score (nSPS) is 11.8.